The summed E-state index contributed by atoms with van der Waals surface area (Å²) in [5.74, 6) is 0.608. The Bertz CT molecular complexity index is 467. The van der Waals surface area contributed by atoms with Gasteiger partial charge in [0.25, 0.3) is 0 Å². The Labute approximate surface area is 125 Å². The van der Waals surface area contributed by atoms with Gasteiger partial charge in [0.15, 0.2) is 0 Å². The summed E-state index contributed by atoms with van der Waals surface area (Å²) in [5, 5.41) is 13.3. The van der Waals surface area contributed by atoms with E-state index >= 15 is 0 Å². The molecular weight excluding hydrogens is 274 g/mol. The van der Waals surface area contributed by atoms with Crippen LogP contribution in [0.3, 0.4) is 0 Å². The van der Waals surface area contributed by atoms with Crippen molar-refractivity contribution in [3.05, 3.63) is 34.9 Å². The Hall–Kier alpha value is -1.06. The number of amides is 1. The molecule has 0 spiro atoms. The molecular formula is C16H22ClNO2. The van der Waals surface area contributed by atoms with Gasteiger partial charge in [0, 0.05) is 5.02 Å². The van der Waals surface area contributed by atoms with Crippen LogP contribution in [0.1, 0.15) is 38.2 Å². The summed E-state index contributed by atoms with van der Waals surface area (Å²) < 4.78 is 0. The standard InChI is InChI=1S/C16H22ClNO2/c1-12-6-8-16(11-19,9-7-12)18-15(20)10-13-4-2-3-5-14(13)17/h2-5,12,19H,6-11H2,1H3,(H,18,20). The molecule has 2 rings (SSSR count). The lowest BCUT2D eigenvalue weighted by atomic mass is 9.77. The Balaban J connectivity index is 1.98. The number of rotatable bonds is 4. The van der Waals surface area contributed by atoms with E-state index in [-0.39, 0.29) is 18.9 Å². The van der Waals surface area contributed by atoms with Gasteiger partial charge in [-0.15, -0.1) is 0 Å². The zero-order chi connectivity index (χ0) is 14.6. The second kappa shape index (κ2) is 6.59. The maximum Gasteiger partial charge on any atom is 0.224 e. The Morgan fingerprint density at radius 2 is 2.05 bits per heavy atom. The highest BCUT2D eigenvalue weighted by Crippen LogP contribution is 2.31. The normalized spacial score (nSPS) is 26.2. The van der Waals surface area contributed by atoms with Gasteiger partial charge in [0.05, 0.1) is 18.6 Å². The fourth-order valence-electron chi connectivity index (χ4n) is 2.79. The van der Waals surface area contributed by atoms with Crippen LogP contribution in [0.4, 0.5) is 0 Å². The highest BCUT2D eigenvalue weighted by atomic mass is 35.5. The third-order valence-corrected chi connectivity index (χ3v) is 4.62. The van der Waals surface area contributed by atoms with Gasteiger partial charge < -0.3 is 10.4 Å². The van der Waals surface area contributed by atoms with E-state index < -0.39 is 5.54 Å². The van der Waals surface area contributed by atoms with Crippen molar-refractivity contribution in [2.75, 3.05) is 6.61 Å². The smallest absolute Gasteiger partial charge is 0.224 e. The third kappa shape index (κ3) is 3.74. The minimum absolute atomic E-state index is 0.00792. The molecule has 0 aromatic heterocycles. The van der Waals surface area contributed by atoms with E-state index in [2.05, 4.69) is 12.2 Å². The molecule has 0 unspecified atom stereocenters. The number of carbonyl (C=O) groups is 1. The molecule has 1 aliphatic rings. The summed E-state index contributed by atoms with van der Waals surface area (Å²) in [4.78, 5) is 12.2. The molecule has 1 amide bonds. The average Bonchev–Trinajstić information content (AvgIpc) is 2.44. The largest absolute Gasteiger partial charge is 0.394 e. The summed E-state index contributed by atoms with van der Waals surface area (Å²) >= 11 is 6.07. The average molecular weight is 296 g/mol. The first kappa shape index (κ1) is 15.3. The van der Waals surface area contributed by atoms with Gasteiger partial charge in [0.1, 0.15) is 0 Å². The molecule has 1 fully saturated rings. The van der Waals surface area contributed by atoms with Crippen molar-refractivity contribution in [3.8, 4) is 0 Å². The van der Waals surface area contributed by atoms with Crippen LogP contribution in [-0.2, 0) is 11.2 Å². The highest BCUT2D eigenvalue weighted by Gasteiger charge is 2.34. The van der Waals surface area contributed by atoms with Crippen LogP contribution in [0, 0.1) is 5.92 Å². The van der Waals surface area contributed by atoms with E-state index in [0.717, 1.165) is 31.2 Å². The summed E-state index contributed by atoms with van der Waals surface area (Å²) in [6.45, 7) is 2.22. The van der Waals surface area contributed by atoms with Crippen molar-refractivity contribution >= 4 is 17.5 Å². The first-order valence-corrected chi connectivity index (χ1v) is 7.58. The van der Waals surface area contributed by atoms with Crippen LogP contribution in [0.15, 0.2) is 24.3 Å². The predicted octanol–water partition coefficient (Wildman–Crippen LogP) is 2.94. The summed E-state index contributed by atoms with van der Waals surface area (Å²) in [7, 11) is 0. The van der Waals surface area contributed by atoms with Crippen molar-refractivity contribution in [2.45, 2.75) is 44.6 Å². The second-order valence-electron chi connectivity index (χ2n) is 5.94. The van der Waals surface area contributed by atoms with Crippen molar-refractivity contribution in [3.63, 3.8) is 0 Å². The van der Waals surface area contributed by atoms with E-state index in [1.165, 1.54) is 0 Å². The van der Waals surface area contributed by atoms with E-state index in [0.29, 0.717) is 10.9 Å². The lowest BCUT2D eigenvalue weighted by Crippen LogP contribution is -2.53. The molecule has 0 saturated heterocycles. The molecule has 1 aliphatic carbocycles. The first-order valence-electron chi connectivity index (χ1n) is 7.20. The van der Waals surface area contributed by atoms with E-state index in [1.807, 2.05) is 18.2 Å². The van der Waals surface area contributed by atoms with Gasteiger partial charge in [0.2, 0.25) is 5.91 Å². The number of nitrogens with one attached hydrogen (secondary N) is 1. The molecule has 0 heterocycles. The summed E-state index contributed by atoms with van der Waals surface area (Å²) in [5.41, 5.74) is 0.383. The van der Waals surface area contributed by atoms with Crippen molar-refractivity contribution in [1.82, 2.24) is 5.32 Å². The zero-order valence-corrected chi connectivity index (χ0v) is 12.6. The molecule has 110 valence electrons. The molecule has 3 nitrogen and oxygen atoms in total. The molecule has 2 N–H and O–H groups in total. The van der Waals surface area contributed by atoms with Crippen LogP contribution in [0.25, 0.3) is 0 Å². The number of hydrogen-bond donors (Lipinski definition) is 2. The monoisotopic (exact) mass is 295 g/mol. The van der Waals surface area contributed by atoms with Gasteiger partial charge in [-0.3, -0.25) is 4.79 Å². The highest BCUT2D eigenvalue weighted by molar-refractivity contribution is 6.31. The Kier molecular flexibility index (Phi) is 5.06. The Morgan fingerprint density at radius 3 is 2.65 bits per heavy atom. The summed E-state index contributed by atoms with van der Waals surface area (Å²) in [6, 6.07) is 7.37. The van der Waals surface area contributed by atoms with Gasteiger partial charge in [-0.05, 0) is 43.2 Å². The van der Waals surface area contributed by atoms with Gasteiger partial charge >= 0.3 is 0 Å². The fraction of sp³-hybridized carbons (Fsp3) is 0.562. The molecule has 4 heteroatoms. The predicted molar refractivity (Wildman–Crippen MR) is 80.7 cm³/mol. The maximum atomic E-state index is 12.2. The Morgan fingerprint density at radius 1 is 1.40 bits per heavy atom. The molecule has 0 atom stereocenters. The maximum absolute atomic E-state index is 12.2. The third-order valence-electron chi connectivity index (χ3n) is 4.25. The van der Waals surface area contributed by atoms with Gasteiger partial charge in [-0.25, -0.2) is 0 Å². The van der Waals surface area contributed by atoms with E-state index in [1.54, 1.807) is 6.07 Å². The molecule has 0 aliphatic heterocycles. The first-order chi connectivity index (χ1) is 9.54. The zero-order valence-electron chi connectivity index (χ0n) is 11.9. The van der Waals surface area contributed by atoms with Crippen molar-refractivity contribution < 1.29 is 9.90 Å². The SMILES string of the molecule is CC1CCC(CO)(NC(=O)Cc2ccccc2Cl)CC1. The summed E-state index contributed by atoms with van der Waals surface area (Å²) in [6.07, 6.45) is 4.05. The molecule has 0 bridgehead atoms. The lowest BCUT2D eigenvalue weighted by Gasteiger charge is -2.38. The van der Waals surface area contributed by atoms with Crippen LogP contribution in [0.5, 0.6) is 0 Å². The van der Waals surface area contributed by atoms with E-state index in [4.69, 9.17) is 11.6 Å². The number of benzene rings is 1. The minimum Gasteiger partial charge on any atom is -0.394 e. The fourth-order valence-corrected chi connectivity index (χ4v) is 2.99. The van der Waals surface area contributed by atoms with Crippen molar-refractivity contribution in [2.24, 2.45) is 5.92 Å². The number of aliphatic hydroxyl groups is 1. The lowest BCUT2D eigenvalue weighted by molar-refractivity contribution is -0.123. The topological polar surface area (TPSA) is 49.3 Å². The van der Waals surface area contributed by atoms with Crippen molar-refractivity contribution in [1.29, 1.82) is 0 Å². The quantitative estimate of drug-likeness (QED) is 0.897. The number of aliphatic hydroxyl groups excluding tert-OH is 1. The molecule has 1 aromatic rings. The number of carbonyl (C=O) groups excluding carboxylic acids is 1. The van der Waals surface area contributed by atoms with Crippen LogP contribution < -0.4 is 5.32 Å². The van der Waals surface area contributed by atoms with Crippen LogP contribution in [-0.4, -0.2) is 23.2 Å². The second-order valence-corrected chi connectivity index (χ2v) is 6.34. The minimum atomic E-state index is -0.440. The molecule has 20 heavy (non-hydrogen) atoms. The number of halogens is 1. The van der Waals surface area contributed by atoms with E-state index in [9.17, 15) is 9.90 Å². The van der Waals surface area contributed by atoms with Crippen LogP contribution in [0.2, 0.25) is 5.02 Å². The number of hydrogen-bond acceptors (Lipinski definition) is 2. The molecule has 1 aromatic carbocycles. The van der Waals surface area contributed by atoms with Crippen LogP contribution >= 0.6 is 11.6 Å². The molecule has 1 saturated carbocycles. The van der Waals surface area contributed by atoms with Gasteiger partial charge in [-0.1, -0.05) is 36.7 Å². The molecule has 0 radical (unpaired) electrons. The van der Waals surface area contributed by atoms with Gasteiger partial charge in [-0.2, -0.15) is 0 Å².